The van der Waals surface area contributed by atoms with Crippen LogP contribution in [0.2, 0.25) is 0 Å². The van der Waals surface area contributed by atoms with Gasteiger partial charge in [-0.3, -0.25) is 14.7 Å². The number of hydrogen-bond acceptors (Lipinski definition) is 2. The highest BCUT2D eigenvalue weighted by Gasteiger charge is 2.45. The highest BCUT2D eigenvalue weighted by molar-refractivity contribution is 6.04. The lowest BCUT2D eigenvalue weighted by molar-refractivity contribution is -0.127. The molecule has 23 heavy (non-hydrogen) atoms. The minimum absolute atomic E-state index is 0.00998. The van der Waals surface area contributed by atoms with Crippen molar-refractivity contribution < 1.29 is 4.79 Å². The molecular weight excluding hydrogens is 284 g/mol. The van der Waals surface area contributed by atoms with E-state index in [9.17, 15) is 4.79 Å². The predicted octanol–water partition coefficient (Wildman–Crippen LogP) is 5.17. The molecule has 0 aliphatic carbocycles. The molecule has 1 unspecified atom stereocenters. The molecule has 2 rings (SSSR count). The molecule has 1 saturated heterocycles. The van der Waals surface area contributed by atoms with Crippen LogP contribution in [0.1, 0.15) is 81.6 Å². The van der Waals surface area contributed by atoms with Gasteiger partial charge in [-0.2, -0.15) is 0 Å². The SMILES string of the molecule is CC(C)(C)C1=NC(C(C)(C)C)C(C(C)(C)C)=C2CCCC(=O)N12. The lowest BCUT2D eigenvalue weighted by Gasteiger charge is -2.48. The van der Waals surface area contributed by atoms with Gasteiger partial charge in [0, 0.05) is 17.5 Å². The lowest BCUT2D eigenvalue weighted by Crippen LogP contribution is -2.52. The molecule has 0 N–H and O–H groups in total. The summed E-state index contributed by atoms with van der Waals surface area (Å²) >= 11 is 0. The molecule has 2 heterocycles. The lowest BCUT2D eigenvalue weighted by atomic mass is 9.69. The van der Waals surface area contributed by atoms with Crippen molar-refractivity contribution in [1.29, 1.82) is 0 Å². The summed E-state index contributed by atoms with van der Waals surface area (Å²) in [6, 6.07) is 0.133. The number of nitrogens with zero attached hydrogens (tertiary/aromatic N) is 2. The normalized spacial score (nSPS) is 23.9. The van der Waals surface area contributed by atoms with Gasteiger partial charge in [0.1, 0.15) is 5.84 Å². The smallest absolute Gasteiger partial charge is 0.232 e. The fourth-order valence-electron chi connectivity index (χ4n) is 3.68. The van der Waals surface area contributed by atoms with Crippen molar-refractivity contribution in [2.45, 2.75) is 87.6 Å². The number of hydrogen-bond donors (Lipinski definition) is 0. The Morgan fingerprint density at radius 2 is 1.48 bits per heavy atom. The maximum absolute atomic E-state index is 12.7. The van der Waals surface area contributed by atoms with E-state index in [0.717, 1.165) is 18.7 Å². The third-order valence-corrected chi connectivity index (χ3v) is 4.67. The van der Waals surface area contributed by atoms with Crippen molar-refractivity contribution in [3.63, 3.8) is 0 Å². The molecule has 3 heteroatoms. The predicted molar refractivity (Wildman–Crippen MR) is 97.3 cm³/mol. The van der Waals surface area contributed by atoms with Crippen molar-refractivity contribution in [3.8, 4) is 0 Å². The van der Waals surface area contributed by atoms with Crippen LogP contribution in [0.15, 0.2) is 16.3 Å². The number of amidine groups is 1. The molecule has 0 aromatic heterocycles. The molecule has 1 fully saturated rings. The van der Waals surface area contributed by atoms with E-state index in [2.05, 4.69) is 62.3 Å². The molecule has 0 saturated carbocycles. The van der Waals surface area contributed by atoms with Gasteiger partial charge in [0.2, 0.25) is 5.91 Å². The van der Waals surface area contributed by atoms with Crippen molar-refractivity contribution in [2.75, 3.05) is 0 Å². The summed E-state index contributed by atoms with van der Waals surface area (Å²) in [5, 5.41) is 0. The Labute approximate surface area is 142 Å². The minimum Gasteiger partial charge on any atom is -0.274 e. The molecule has 0 aromatic rings. The number of carbonyl (C=O) groups excluding carboxylic acids is 1. The fourth-order valence-corrected chi connectivity index (χ4v) is 3.68. The van der Waals surface area contributed by atoms with Gasteiger partial charge in [-0.25, -0.2) is 0 Å². The number of carbonyl (C=O) groups is 1. The first-order valence-electron chi connectivity index (χ1n) is 8.89. The van der Waals surface area contributed by atoms with Gasteiger partial charge < -0.3 is 0 Å². The monoisotopic (exact) mass is 318 g/mol. The first-order chi connectivity index (χ1) is 10.2. The zero-order chi connectivity index (χ0) is 17.8. The molecule has 130 valence electrons. The van der Waals surface area contributed by atoms with Crippen LogP contribution in [0.25, 0.3) is 0 Å². The van der Waals surface area contributed by atoms with Gasteiger partial charge in [-0.15, -0.1) is 0 Å². The Hall–Kier alpha value is -1.12. The maximum atomic E-state index is 12.7. The van der Waals surface area contributed by atoms with Gasteiger partial charge in [-0.05, 0) is 29.2 Å². The van der Waals surface area contributed by atoms with Gasteiger partial charge in [0.15, 0.2) is 0 Å². The Morgan fingerprint density at radius 3 is 1.91 bits per heavy atom. The Balaban J connectivity index is 2.74. The Morgan fingerprint density at radius 1 is 0.913 bits per heavy atom. The fraction of sp³-hybridized carbons (Fsp3) is 0.800. The largest absolute Gasteiger partial charge is 0.274 e. The van der Waals surface area contributed by atoms with Crippen LogP contribution in [0.3, 0.4) is 0 Å². The molecular formula is C20H34N2O. The van der Waals surface area contributed by atoms with Crippen LogP contribution >= 0.6 is 0 Å². The summed E-state index contributed by atoms with van der Waals surface area (Å²) in [4.78, 5) is 19.9. The molecule has 0 spiro atoms. The number of piperidine rings is 1. The molecule has 2 aliphatic rings. The van der Waals surface area contributed by atoms with Crippen molar-refractivity contribution in [2.24, 2.45) is 21.2 Å². The number of fused-ring (bicyclic) bond motifs is 1. The van der Waals surface area contributed by atoms with E-state index in [4.69, 9.17) is 4.99 Å². The summed E-state index contributed by atoms with van der Waals surface area (Å²) < 4.78 is 0. The average molecular weight is 319 g/mol. The minimum atomic E-state index is -0.134. The number of rotatable bonds is 0. The van der Waals surface area contributed by atoms with Crippen LogP contribution in [-0.4, -0.2) is 22.7 Å². The van der Waals surface area contributed by atoms with Gasteiger partial charge in [0.25, 0.3) is 0 Å². The van der Waals surface area contributed by atoms with Crippen LogP contribution < -0.4 is 0 Å². The highest BCUT2D eigenvalue weighted by Crippen LogP contribution is 2.47. The van der Waals surface area contributed by atoms with Crippen LogP contribution in [0, 0.1) is 16.2 Å². The molecule has 2 aliphatic heterocycles. The third kappa shape index (κ3) is 3.39. The van der Waals surface area contributed by atoms with E-state index >= 15 is 0 Å². The van der Waals surface area contributed by atoms with Crippen molar-refractivity contribution in [1.82, 2.24) is 4.90 Å². The second-order valence-electron chi connectivity index (χ2n) is 10.2. The van der Waals surface area contributed by atoms with E-state index in [1.54, 1.807) is 0 Å². The summed E-state index contributed by atoms with van der Waals surface area (Å²) in [6.07, 6.45) is 2.58. The zero-order valence-corrected chi connectivity index (χ0v) is 16.5. The van der Waals surface area contributed by atoms with E-state index < -0.39 is 0 Å². The maximum Gasteiger partial charge on any atom is 0.232 e. The standard InChI is InChI=1S/C20H34N2O/c1-18(2,3)15-13-11-10-12-14(23)22(13)17(20(7,8)9)21-16(15)19(4,5)6/h16H,10-12H2,1-9H3. The average Bonchev–Trinajstić information content (AvgIpc) is 2.33. The second kappa shape index (κ2) is 5.46. The summed E-state index contributed by atoms with van der Waals surface area (Å²) in [5.41, 5.74) is 2.50. The van der Waals surface area contributed by atoms with Gasteiger partial charge >= 0.3 is 0 Å². The number of allylic oxidation sites excluding steroid dienone is 1. The number of amides is 1. The summed E-state index contributed by atoms with van der Waals surface area (Å²) in [6.45, 7) is 20.0. The molecule has 1 atom stereocenters. The first kappa shape index (κ1) is 18.2. The van der Waals surface area contributed by atoms with Crippen LogP contribution in [0.5, 0.6) is 0 Å². The number of aliphatic imine (C=N–C) groups is 1. The van der Waals surface area contributed by atoms with Gasteiger partial charge in [-0.1, -0.05) is 62.3 Å². The molecule has 0 radical (unpaired) electrons. The van der Waals surface area contributed by atoms with Gasteiger partial charge in [0.05, 0.1) is 6.04 Å². The molecule has 0 aromatic carbocycles. The summed E-state index contributed by atoms with van der Waals surface area (Å²) in [7, 11) is 0. The van der Waals surface area contributed by atoms with Crippen molar-refractivity contribution in [3.05, 3.63) is 11.3 Å². The second-order valence-corrected chi connectivity index (χ2v) is 10.2. The van der Waals surface area contributed by atoms with Crippen LogP contribution in [-0.2, 0) is 4.79 Å². The Kier molecular flexibility index (Phi) is 4.32. The van der Waals surface area contributed by atoms with E-state index in [-0.39, 0.29) is 28.2 Å². The first-order valence-corrected chi connectivity index (χ1v) is 8.89. The Bertz CT molecular complexity index is 562. The van der Waals surface area contributed by atoms with Crippen LogP contribution in [0.4, 0.5) is 0 Å². The summed E-state index contributed by atoms with van der Waals surface area (Å²) in [5.74, 6) is 1.17. The molecule has 3 nitrogen and oxygen atoms in total. The van der Waals surface area contributed by atoms with Crippen molar-refractivity contribution >= 4 is 11.7 Å². The molecule has 1 amide bonds. The zero-order valence-electron chi connectivity index (χ0n) is 16.5. The quantitative estimate of drug-likeness (QED) is 0.606. The third-order valence-electron chi connectivity index (χ3n) is 4.67. The van der Waals surface area contributed by atoms with E-state index in [1.165, 1.54) is 11.3 Å². The molecule has 0 bridgehead atoms. The van der Waals surface area contributed by atoms with E-state index in [0.29, 0.717) is 6.42 Å². The highest BCUT2D eigenvalue weighted by atomic mass is 16.2. The topological polar surface area (TPSA) is 32.7 Å². The van der Waals surface area contributed by atoms with E-state index in [1.807, 2.05) is 4.90 Å².